The number of aryl methyl sites for hydroxylation is 1. The first-order valence-electron chi connectivity index (χ1n) is 9.52. The number of halogens is 1. The minimum absolute atomic E-state index is 0.000363. The molecule has 5 nitrogen and oxygen atoms in total. The lowest BCUT2D eigenvalue weighted by atomic mass is 10.1. The maximum absolute atomic E-state index is 13.1. The fourth-order valence-corrected chi connectivity index (χ4v) is 5.37. The molecule has 3 rings (SSSR count). The molecule has 0 spiro atoms. The molecule has 0 aliphatic carbocycles. The third kappa shape index (κ3) is 4.74. The third-order valence-electron chi connectivity index (χ3n) is 5.08. The van der Waals surface area contributed by atoms with E-state index in [1.165, 1.54) is 16.4 Å². The monoisotopic (exact) mass is 420 g/mol. The molecule has 1 aliphatic heterocycles. The van der Waals surface area contributed by atoms with E-state index in [0.717, 1.165) is 36.8 Å². The van der Waals surface area contributed by atoms with Crippen molar-refractivity contribution in [3.8, 4) is 0 Å². The lowest BCUT2D eigenvalue weighted by molar-refractivity contribution is 0.0950. The van der Waals surface area contributed by atoms with Crippen molar-refractivity contribution < 1.29 is 13.2 Å². The summed E-state index contributed by atoms with van der Waals surface area (Å²) in [5, 5.41) is 2.99. The molecule has 150 valence electrons. The van der Waals surface area contributed by atoms with E-state index >= 15 is 0 Å². The number of carbonyl (C=O) groups is 1. The lowest BCUT2D eigenvalue weighted by Gasteiger charge is -2.21. The zero-order chi connectivity index (χ0) is 20.1. The Hall–Kier alpha value is -1.89. The van der Waals surface area contributed by atoms with Gasteiger partial charge in [0.2, 0.25) is 10.0 Å². The Morgan fingerprint density at radius 2 is 1.75 bits per heavy atom. The Bertz CT molecular complexity index is 952. The van der Waals surface area contributed by atoms with Crippen molar-refractivity contribution in [2.75, 3.05) is 13.1 Å². The van der Waals surface area contributed by atoms with Gasteiger partial charge >= 0.3 is 0 Å². The molecule has 1 saturated heterocycles. The zero-order valence-electron chi connectivity index (χ0n) is 15.9. The second-order valence-electron chi connectivity index (χ2n) is 7.07. The summed E-state index contributed by atoms with van der Waals surface area (Å²) in [7, 11) is -3.72. The van der Waals surface area contributed by atoms with Gasteiger partial charge in [-0.3, -0.25) is 4.79 Å². The zero-order valence-corrected chi connectivity index (χ0v) is 17.5. The molecule has 1 heterocycles. The number of hydrogen-bond acceptors (Lipinski definition) is 3. The Morgan fingerprint density at radius 1 is 1.07 bits per heavy atom. The number of sulfonamides is 1. The van der Waals surface area contributed by atoms with E-state index < -0.39 is 10.0 Å². The van der Waals surface area contributed by atoms with Crippen LogP contribution in [0.4, 0.5) is 0 Å². The standard InChI is InChI=1S/C21H25ClN2O3S/c1-16-8-4-5-9-18(16)15-23-21(25)17-10-11-19(22)20(14-17)28(26,27)24-12-6-2-3-7-13-24/h4-5,8-11,14H,2-3,6-7,12-13,15H2,1H3,(H,23,25). The molecule has 7 heteroatoms. The largest absolute Gasteiger partial charge is 0.348 e. The SMILES string of the molecule is Cc1ccccc1CNC(=O)c1ccc(Cl)c(S(=O)(=O)N2CCCCCC2)c1. The van der Waals surface area contributed by atoms with Crippen LogP contribution in [0.25, 0.3) is 0 Å². The fraction of sp³-hybridized carbons (Fsp3) is 0.381. The molecule has 0 radical (unpaired) electrons. The van der Waals surface area contributed by atoms with Crippen molar-refractivity contribution in [3.05, 3.63) is 64.2 Å². The molecule has 28 heavy (non-hydrogen) atoms. The van der Waals surface area contributed by atoms with Crippen molar-refractivity contribution in [2.45, 2.75) is 44.0 Å². The highest BCUT2D eigenvalue weighted by molar-refractivity contribution is 7.89. The van der Waals surface area contributed by atoms with Gasteiger partial charge in [0.1, 0.15) is 4.90 Å². The number of hydrogen-bond donors (Lipinski definition) is 1. The third-order valence-corrected chi connectivity index (χ3v) is 7.46. The van der Waals surface area contributed by atoms with Gasteiger partial charge in [0.15, 0.2) is 0 Å². The van der Waals surface area contributed by atoms with E-state index in [2.05, 4.69) is 5.32 Å². The number of carbonyl (C=O) groups excluding carboxylic acids is 1. The van der Waals surface area contributed by atoms with Crippen molar-refractivity contribution in [1.82, 2.24) is 9.62 Å². The van der Waals surface area contributed by atoms with Crippen LogP contribution in [0.3, 0.4) is 0 Å². The van der Waals surface area contributed by atoms with Crippen LogP contribution >= 0.6 is 11.6 Å². The van der Waals surface area contributed by atoms with Gasteiger partial charge in [-0.15, -0.1) is 0 Å². The average molecular weight is 421 g/mol. The van der Waals surface area contributed by atoms with Crippen LogP contribution in [-0.4, -0.2) is 31.7 Å². The molecule has 0 bridgehead atoms. The van der Waals surface area contributed by atoms with Gasteiger partial charge in [0.05, 0.1) is 5.02 Å². The molecule has 2 aromatic carbocycles. The van der Waals surface area contributed by atoms with E-state index in [1.807, 2.05) is 31.2 Å². The summed E-state index contributed by atoms with van der Waals surface area (Å²) >= 11 is 6.20. The van der Waals surface area contributed by atoms with E-state index in [4.69, 9.17) is 11.6 Å². The fourth-order valence-electron chi connectivity index (χ4n) is 3.35. The molecular formula is C21H25ClN2O3S. The van der Waals surface area contributed by atoms with E-state index in [0.29, 0.717) is 19.6 Å². The molecule has 1 fully saturated rings. The number of rotatable bonds is 5. The summed E-state index contributed by atoms with van der Waals surface area (Å²) in [6, 6.07) is 12.2. The van der Waals surface area contributed by atoms with Gasteiger partial charge in [0, 0.05) is 25.2 Å². The molecule has 1 N–H and O–H groups in total. The van der Waals surface area contributed by atoms with Gasteiger partial charge in [-0.1, -0.05) is 48.7 Å². The first kappa shape index (κ1) is 20.8. The number of nitrogens with zero attached hydrogens (tertiary/aromatic N) is 1. The minimum Gasteiger partial charge on any atom is -0.348 e. The molecule has 1 aliphatic rings. The van der Waals surface area contributed by atoms with Gasteiger partial charge < -0.3 is 5.32 Å². The van der Waals surface area contributed by atoms with E-state index in [9.17, 15) is 13.2 Å². The second-order valence-corrected chi connectivity index (χ2v) is 9.39. The minimum atomic E-state index is -3.72. The summed E-state index contributed by atoms with van der Waals surface area (Å²) in [6.45, 7) is 3.34. The molecule has 1 amide bonds. The molecule has 0 aromatic heterocycles. The van der Waals surface area contributed by atoms with Crippen LogP contribution in [0.2, 0.25) is 5.02 Å². The normalized spacial score (nSPS) is 15.8. The predicted molar refractivity (Wildman–Crippen MR) is 111 cm³/mol. The molecule has 0 atom stereocenters. The van der Waals surface area contributed by atoms with Crippen molar-refractivity contribution in [3.63, 3.8) is 0 Å². The quantitative estimate of drug-likeness (QED) is 0.790. The topological polar surface area (TPSA) is 66.5 Å². The lowest BCUT2D eigenvalue weighted by Crippen LogP contribution is -2.32. The summed E-state index contributed by atoms with van der Waals surface area (Å²) in [6.07, 6.45) is 3.74. The Morgan fingerprint density at radius 3 is 2.43 bits per heavy atom. The van der Waals surface area contributed by atoms with Crippen LogP contribution in [0, 0.1) is 6.92 Å². The predicted octanol–water partition coefficient (Wildman–Crippen LogP) is 4.14. The van der Waals surface area contributed by atoms with Gasteiger partial charge in [-0.2, -0.15) is 4.31 Å². The number of benzene rings is 2. The summed E-state index contributed by atoms with van der Waals surface area (Å²) in [4.78, 5) is 12.6. The highest BCUT2D eigenvalue weighted by Crippen LogP contribution is 2.27. The van der Waals surface area contributed by atoms with Crippen molar-refractivity contribution in [2.24, 2.45) is 0 Å². The summed E-state index contributed by atoms with van der Waals surface area (Å²) in [5.41, 5.74) is 2.39. The van der Waals surface area contributed by atoms with Crippen LogP contribution < -0.4 is 5.32 Å². The van der Waals surface area contributed by atoms with Gasteiger partial charge in [-0.05, 0) is 49.1 Å². The molecule has 2 aromatic rings. The first-order valence-corrected chi connectivity index (χ1v) is 11.3. The molecule has 0 unspecified atom stereocenters. The number of amides is 1. The summed E-state index contributed by atoms with van der Waals surface area (Å²) < 4.78 is 27.6. The van der Waals surface area contributed by atoms with Crippen molar-refractivity contribution in [1.29, 1.82) is 0 Å². The average Bonchev–Trinajstić information content (AvgIpc) is 2.97. The Balaban J connectivity index is 1.80. The highest BCUT2D eigenvalue weighted by atomic mass is 35.5. The smallest absolute Gasteiger partial charge is 0.251 e. The van der Waals surface area contributed by atoms with Crippen LogP contribution in [0.1, 0.15) is 47.2 Å². The van der Waals surface area contributed by atoms with Gasteiger partial charge in [-0.25, -0.2) is 8.42 Å². The van der Waals surface area contributed by atoms with Crippen LogP contribution in [0.15, 0.2) is 47.4 Å². The maximum atomic E-state index is 13.1. The molecular weight excluding hydrogens is 396 g/mol. The first-order chi connectivity index (χ1) is 13.4. The van der Waals surface area contributed by atoms with Crippen LogP contribution in [-0.2, 0) is 16.6 Å². The Labute approximate surface area is 171 Å². The van der Waals surface area contributed by atoms with E-state index in [1.54, 1.807) is 6.07 Å². The Kier molecular flexibility index (Phi) is 6.75. The highest BCUT2D eigenvalue weighted by Gasteiger charge is 2.28. The maximum Gasteiger partial charge on any atom is 0.251 e. The summed E-state index contributed by atoms with van der Waals surface area (Å²) in [5.74, 6) is -0.327. The van der Waals surface area contributed by atoms with Crippen LogP contribution in [0.5, 0.6) is 0 Å². The van der Waals surface area contributed by atoms with Gasteiger partial charge in [0.25, 0.3) is 5.91 Å². The second kappa shape index (κ2) is 9.07. The number of nitrogens with one attached hydrogen (secondary N) is 1. The van der Waals surface area contributed by atoms with E-state index in [-0.39, 0.29) is 21.4 Å². The van der Waals surface area contributed by atoms with Crippen molar-refractivity contribution >= 4 is 27.5 Å². The molecule has 0 saturated carbocycles.